The first-order valence-electron chi connectivity index (χ1n) is 8.03. The largest absolute Gasteiger partial charge is 0.507 e. The molecule has 2 aromatic rings. The molecule has 0 aromatic heterocycles. The van der Waals surface area contributed by atoms with Crippen LogP contribution < -0.4 is 5.32 Å². The number of carbonyl (C=O) groups is 3. The van der Waals surface area contributed by atoms with E-state index >= 15 is 0 Å². The van der Waals surface area contributed by atoms with Crippen LogP contribution >= 0.6 is 11.8 Å². The highest BCUT2D eigenvalue weighted by molar-refractivity contribution is 8.18. The molecule has 27 heavy (non-hydrogen) atoms. The van der Waals surface area contributed by atoms with Crippen LogP contribution in [-0.4, -0.2) is 40.1 Å². The van der Waals surface area contributed by atoms with Gasteiger partial charge < -0.3 is 10.4 Å². The number of phenolic OH excluding ortho intramolecular Hbond substituents is 1. The number of rotatable bonds is 5. The SMILES string of the molecule is O=C(NCCN1C(=O)S/C(=C\c2ccc(F)cc2)C1=O)c1ccccc1O. The molecule has 0 radical (unpaired) electrons. The number of benzene rings is 2. The van der Waals surface area contributed by atoms with Crippen molar-refractivity contribution in [2.75, 3.05) is 13.1 Å². The first kappa shape index (κ1) is 18.7. The third-order valence-corrected chi connectivity index (χ3v) is 4.72. The van der Waals surface area contributed by atoms with Gasteiger partial charge in [-0.3, -0.25) is 19.3 Å². The normalized spacial score (nSPS) is 15.4. The summed E-state index contributed by atoms with van der Waals surface area (Å²) in [5.41, 5.74) is 0.720. The summed E-state index contributed by atoms with van der Waals surface area (Å²) in [7, 11) is 0. The number of hydrogen-bond acceptors (Lipinski definition) is 5. The molecule has 0 saturated carbocycles. The fourth-order valence-electron chi connectivity index (χ4n) is 2.45. The third kappa shape index (κ3) is 4.35. The van der Waals surface area contributed by atoms with Gasteiger partial charge in [-0.05, 0) is 47.7 Å². The number of phenols is 1. The predicted octanol–water partition coefficient (Wildman–Crippen LogP) is 3.00. The zero-order valence-electron chi connectivity index (χ0n) is 14.0. The summed E-state index contributed by atoms with van der Waals surface area (Å²) in [6.07, 6.45) is 1.52. The number of nitrogens with zero attached hydrogens (tertiary/aromatic N) is 1. The average molecular weight is 386 g/mol. The molecule has 8 heteroatoms. The molecule has 2 N–H and O–H groups in total. The lowest BCUT2D eigenvalue weighted by molar-refractivity contribution is -0.122. The van der Waals surface area contributed by atoms with Crippen LogP contribution in [0.5, 0.6) is 5.75 Å². The van der Waals surface area contributed by atoms with Gasteiger partial charge in [-0.15, -0.1) is 0 Å². The van der Waals surface area contributed by atoms with Crippen molar-refractivity contribution in [3.63, 3.8) is 0 Å². The highest BCUT2D eigenvalue weighted by Gasteiger charge is 2.34. The minimum atomic E-state index is -0.498. The molecule has 0 atom stereocenters. The summed E-state index contributed by atoms with van der Waals surface area (Å²) in [5.74, 6) is -1.50. The minimum absolute atomic E-state index is 0.00472. The summed E-state index contributed by atoms with van der Waals surface area (Å²) >= 11 is 0.791. The Morgan fingerprint density at radius 1 is 1.15 bits per heavy atom. The number of halogens is 1. The number of imide groups is 1. The second-order valence-corrected chi connectivity index (χ2v) is 6.65. The van der Waals surface area contributed by atoms with Gasteiger partial charge in [-0.1, -0.05) is 24.3 Å². The predicted molar refractivity (Wildman–Crippen MR) is 99.5 cm³/mol. The van der Waals surface area contributed by atoms with Gasteiger partial charge in [0.05, 0.1) is 10.5 Å². The van der Waals surface area contributed by atoms with Gasteiger partial charge in [0, 0.05) is 13.1 Å². The van der Waals surface area contributed by atoms with Gasteiger partial charge in [-0.25, -0.2) is 4.39 Å². The van der Waals surface area contributed by atoms with Crippen LogP contribution in [0.1, 0.15) is 15.9 Å². The Hall–Kier alpha value is -3.13. The Kier molecular flexibility index (Phi) is 5.56. The van der Waals surface area contributed by atoms with Gasteiger partial charge in [0.2, 0.25) is 0 Å². The van der Waals surface area contributed by atoms with Gasteiger partial charge in [0.25, 0.3) is 17.1 Å². The van der Waals surface area contributed by atoms with E-state index in [1.54, 1.807) is 12.1 Å². The van der Waals surface area contributed by atoms with Crippen molar-refractivity contribution in [2.45, 2.75) is 0 Å². The van der Waals surface area contributed by atoms with Crippen LogP contribution in [-0.2, 0) is 4.79 Å². The molecular formula is C19H15FN2O4S. The Labute approximate surface area is 158 Å². The molecule has 6 nitrogen and oxygen atoms in total. The van der Waals surface area contributed by atoms with Gasteiger partial charge >= 0.3 is 0 Å². The van der Waals surface area contributed by atoms with Crippen molar-refractivity contribution < 1.29 is 23.9 Å². The van der Waals surface area contributed by atoms with Crippen LogP contribution in [0.2, 0.25) is 0 Å². The molecule has 3 rings (SSSR count). The second-order valence-electron chi connectivity index (χ2n) is 5.66. The topological polar surface area (TPSA) is 86.7 Å². The van der Waals surface area contributed by atoms with E-state index in [1.165, 1.54) is 42.5 Å². The third-order valence-electron chi connectivity index (χ3n) is 3.81. The standard InChI is InChI=1S/C19H15FN2O4S/c20-13-7-5-12(6-8-13)11-16-18(25)22(19(26)27-16)10-9-21-17(24)14-3-1-2-4-15(14)23/h1-8,11,23H,9-10H2,(H,21,24)/b16-11-. The van der Waals surface area contributed by atoms with Crippen molar-refractivity contribution in [3.05, 3.63) is 70.4 Å². The molecule has 1 aliphatic heterocycles. The molecule has 0 unspecified atom stereocenters. The second kappa shape index (κ2) is 8.05. The maximum Gasteiger partial charge on any atom is 0.293 e. The summed E-state index contributed by atoms with van der Waals surface area (Å²) in [6, 6.07) is 11.6. The van der Waals surface area contributed by atoms with E-state index in [1.807, 2.05) is 0 Å². The minimum Gasteiger partial charge on any atom is -0.507 e. The maximum atomic E-state index is 12.9. The lowest BCUT2D eigenvalue weighted by atomic mass is 10.2. The van der Waals surface area contributed by atoms with Crippen molar-refractivity contribution in [2.24, 2.45) is 0 Å². The van der Waals surface area contributed by atoms with E-state index in [-0.39, 0.29) is 35.1 Å². The van der Waals surface area contributed by atoms with E-state index < -0.39 is 17.1 Å². The molecule has 0 aliphatic carbocycles. The van der Waals surface area contributed by atoms with Crippen molar-refractivity contribution >= 4 is 34.9 Å². The van der Waals surface area contributed by atoms with E-state index in [4.69, 9.17) is 0 Å². The highest BCUT2D eigenvalue weighted by Crippen LogP contribution is 2.31. The fourth-order valence-corrected chi connectivity index (χ4v) is 3.31. The summed E-state index contributed by atoms with van der Waals surface area (Å²) in [4.78, 5) is 37.7. The van der Waals surface area contributed by atoms with Crippen LogP contribution in [0.4, 0.5) is 9.18 Å². The summed E-state index contributed by atoms with van der Waals surface area (Å²) in [6.45, 7) is 0.0554. The summed E-state index contributed by atoms with van der Waals surface area (Å²) in [5, 5.41) is 11.8. The fraction of sp³-hybridized carbons (Fsp3) is 0.105. The Balaban J connectivity index is 1.60. The van der Waals surface area contributed by atoms with E-state index in [2.05, 4.69) is 5.32 Å². The van der Waals surface area contributed by atoms with Crippen LogP contribution in [0.3, 0.4) is 0 Å². The number of para-hydroxylation sites is 1. The zero-order chi connectivity index (χ0) is 19.4. The molecule has 1 saturated heterocycles. The van der Waals surface area contributed by atoms with E-state index in [9.17, 15) is 23.9 Å². The number of thioether (sulfide) groups is 1. The number of amides is 3. The van der Waals surface area contributed by atoms with Crippen molar-refractivity contribution in [1.29, 1.82) is 0 Å². The monoisotopic (exact) mass is 386 g/mol. The summed E-state index contributed by atoms with van der Waals surface area (Å²) < 4.78 is 12.9. The van der Waals surface area contributed by atoms with E-state index in [0.717, 1.165) is 16.7 Å². The molecule has 1 aliphatic rings. The first-order chi connectivity index (χ1) is 13.0. The molecule has 3 amide bonds. The van der Waals surface area contributed by atoms with E-state index in [0.29, 0.717) is 5.56 Å². The van der Waals surface area contributed by atoms with Crippen LogP contribution in [0, 0.1) is 5.82 Å². The van der Waals surface area contributed by atoms with Crippen LogP contribution in [0.25, 0.3) is 6.08 Å². The average Bonchev–Trinajstić information content (AvgIpc) is 2.91. The molecule has 0 bridgehead atoms. The number of carbonyl (C=O) groups excluding carboxylic acids is 3. The number of nitrogens with one attached hydrogen (secondary N) is 1. The maximum absolute atomic E-state index is 12.9. The number of hydrogen-bond donors (Lipinski definition) is 2. The van der Waals surface area contributed by atoms with Gasteiger partial charge in [0.1, 0.15) is 11.6 Å². The smallest absolute Gasteiger partial charge is 0.293 e. The molecule has 2 aromatic carbocycles. The highest BCUT2D eigenvalue weighted by atomic mass is 32.2. The lowest BCUT2D eigenvalue weighted by Crippen LogP contribution is -2.37. The lowest BCUT2D eigenvalue weighted by Gasteiger charge is -2.13. The molecular weight excluding hydrogens is 371 g/mol. The zero-order valence-corrected chi connectivity index (χ0v) is 14.8. The Bertz CT molecular complexity index is 928. The van der Waals surface area contributed by atoms with Gasteiger partial charge in [0.15, 0.2) is 0 Å². The molecule has 138 valence electrons. The molecule has 0 spiro atoms. The van der Waals surface area contributed by atoms with Gasteiger partial charge in [-0.2, -0.15) is 0 Å². The van der Waals surface area contributed by atoms with Crippen LogP contribution in [0.15, 0.2) is 53.4 Å². The number of aromatic hydroxyl groups is 1. The van der Waals surface area contributed by atoms with Crippen molar-refractivity contribution in [1.82, 2.24) is 10.2 Å². The first-order valence-corrected chi connectivity index (χ1v) is 8.84. The molecule has 1 heterocycles. The Morgan fingerprint density at radius 2 is 1.85 bits per heavy atom. The Morgan fingerprint density at radius 3 is 2.56 bits per heavy atom. The quantitative estimate of drug-likeness (QED) is 0.772. The van der Waals surface area contributed by atoms with Crippen molar-refractivity contribution in [3.8, 4) is 5.75 Å². The molecule has 1 fully saturated rings.